The van der Waals surface area contributed by atoms with Crippen molar-refractivity contribution in [2.75, 3.05) is 37.7 Å². The summed E-state index contributed by atoms with van der Waals surface area (Å²) >= 11 is 1.52. The quantitative estimate of drug-likeness (QED) is 0.843. The second-order valence-corrected chi connectivity index (χ2v) is 5.59. The van der Waals surface area contributed by atoms with Crippen LogP contribution in [0.1, 0.15) is 19.3 Å². The molecule has 1 aliphatic heterocycles. The van der Waals surface area contributed by atoms with Gasteiger partial charge in [-0.1, -0.05) is 11.3 Å². The van der Waals surface area contributed by atoms with E-state index in [4.69, 9.17) is 5.73 Å². The van der Waals surface area contributed by atoms with Crippen molar-refractivity contribution in [3.63, 3.8) is 0 Å². The fraction of sp³-hybridized carbons (Fsp3) is 0.727. The van der Waals surface area contributed by atoms with E-state index in [-0.39, 0.29) is 0 Å². The van der Waals surface area contributed by atoms with Gasteiger partial charge in [-0.3, -0.25) is 0 Å². The van der Waals surface area contributed by atoms with Crippen LogP contribution in [-0.4, -0.2) is 36.6 Å². The molecule has 90 valence electrons. The smallest absolute Gasteiger partial charge is 0.184 e. The molecule has 0 radical (unpaired) electrons. The van der Waals surface area contributed by atoms with Gasteiger partial charge in [-0.15, -0.1) is 0 Å². The molecule has 1 aliphatic rings. The number of nitrogen functional groups attached to an aromatic ring is 1. The molecule has 1 aromatic heterocycles. The summed E-state index contributed by atoms with van der Waals surface area (Å²) in [4.78, 5) is 6.59. The van der Waals surface area contributed by atoms with E-state index in [1.165, 1.54) is 43.7 Å². The van der Waals surface area contributed by atoms with Gasteiger partial charge >= 0.3 is 0 Å². The molecule has 0 unspecified atom stereocenters. The predicted octanol–water partition coefficient (Wildman–Crippen LogP) is 1.87. The number of nitrogens with zero attached hydrogens (tertiary/aromatic N) is 2. The van der Waals surface area contributed by atoms with Gasteiger partial charge in [-0.05, 0) is 45.3 Å². The second-order valence-electron chi connectivity index (χ2n) is 4.53. The van der Waals surface area contributed by atoms with Gasteiger partial charge in [0, 0.05) is 6.54 Å². The van der Waals surface area contributed by atoms with Gasteiger partial charge in [0.2, 0.25) is 0 Å². The number of likely N-dealkylation sites (tertiary alicyclic amines) is 1. The van der Waals surface area contributed by atoms with Crippen molar-refractivity contribution in [2.24, 2.45) is 5.92 Å². The second kappa shape index (κ2) is 5.50. The molecule has 0 spiro atoms. The number of piperidine rings is 1. The van der Waals surface area contributed by atoms with Gasteiger partial charge in [0.15, 0.2) is 5.13 Å². The third kappa shape index (κ3) is 3.35. The Labute approximate surface area is 101 Å². The Morgan fingerprint density at radius 1 is 1.56 bits per heavy atom. The van der Waals surface area contributed by atoms with Gasteiger partial charge in [-0.25, -0.2) is 4.98 Å². The molecule has 2 rings (SSSR count). The standard InChI is InChI=1S/C11H20N4S/c1-15-6-3-9(4-7-15)2-5-13-11-14-8-10(12)16-11/h8-9H,2-7,12H2,1H3,(H,13,14). The van der Waals surface area contributed by atoms with Gasteiger partial charge in [-0.2, -0.15) is 0 Å². The molecule has 0 aromatic carbocycles. The van der Waals surface area contributed by atoms with Crippen molar-refractivity contribution in [1.29, 1.82) is 0 Å². The highest BCUT2D eigenvalue weighted by Crippen LogP contribution is 2.22. The number of anilines is 2. The lowest BCUT2D eigenvalue weighted by Gasteiger charge is -2.28. The highest BCUT2D eigenvalue weighted by molar-refractivity contribution is 7.19. The van der Waals surface area contributed by atoms with Crippen molar-refractivity contribution in [3.05, 3.63) is 6.20 Å². The summed E-state index contributed by atoms with van der Waals surface area (Å²) in [6.07, 6.45) is 5.62. The summed E-state index contributed by atoms with van der Waals surface area (Å²) < 4.78 is 0. The minimum Gasteiger partial charge on any atom is -0.389 e. The van der Waals surface area contributed by atoms with Crippen molar-refractivity contribution >= 4 is 21.5 Å². The highest BCUT2D eigenvalue weighted by atomic mass is 32.1. The molecule has 0 bridgehead atoms. The van der Waals surface area contributed by atoms with Crippen LogP contribution in [0, 0.1) is 5.92 Å². The van der Waals surface area contributed by atoms with Gasteiger partial charge in [0.05, 0.1) is 6.20 Å². The number of rotatable bonds is 4. The molecular formula is C11H20N4S. The Kier molecular flexibility index (Phi) is 4.01. The lowest BCUT2D eigenvalue weighted by atomic mass is 9.94. The van der Waals surface area contributed by atoms with E-state index in [0.29, 0.717) is 0 Å². The first-order valence-corrected chi connectivity index (χ1v) is 6.69. The maximum absolute atomic E-state index is 5.62. The summed E-state index contributed by atoms with van der Waals surface area (Å²) in [5.74, 6) is 0.876. The molecule has 0 aliphatic carbocycles. The molecule has 4 nitrogen and oxygen atoms in total. The zero-order chi connectivity index (χ0) is 11.4. The van der Waals surface area contributed by atoms with Crippen molar-refractivity contribution in [2.45, 2.75) is 19.3 Å². The first-order chi connectivity index (χ1) is 7.74. The van der Waals surface area contributed by atoms with Crippen molar-refractivity contribution in [3.8, 4) is 0 Å². The maximum atomic E-state index is 5.62. The Hall–Kier alpha value is -0.810. The predicted molar refractivity (Wildman–Crippen MR) is 69.9 cm³/mol. The largest absolute Gasteiger partial charge is 0.389 e. The van der Waals surface area contributed by atoms with Crippen LogP contribution in [0.15, 0.2) is 6.20 Å². The average molecular weight is 240 g/mol. The van der Waals surface area contributed by atoms with Gasteiger partial charge in [0.25, 0.3) is 0 Å². The van der Waals surface area contributed by atoms with Crippen molar-refractivity contribution < 1.29 is 0 Å². The van der Waals surface area contributed by atoms with Crippen LogP contribution < -0.4 is 11.1 Å². The Morgan fingerprint density at radius 3 is 2.94 bits per heavy atom. The number of nitrogens with two attached hydrogens (primary N) is 1. The zero-order valence-corrected chi connectivity index (χ0v) is 10.6. The molecule has 0 saturated carbocycles. The summed E-state index contributed by atoms with van der Waals surface area (Å²) in [6, 6.07) is 0. The molecule has 0 atom stereocenters. The lowest BCUT2D eigenvalue weighted by molar-refractivity contribution is 0.215. The van der Waals surface area contributed by atoms with E-state index in [1.54, 1.807) is 6.20 Å². The summed E-state index contributed by atoms with van der Waals surface area (Å²) in [5.41, 5.74) is 5.62. The Balaban J connectivity index is 1.64. The minimum absolute atomic E-state index is 0.779. The first-order valence-electron chi connectivity index (χ1n) is 5.88. The van der Waals surface area contributed by atoms with E-state index in [0.717, 1.165) is 22.6 Å². The van der Waals surface area contributed by atoms with Crippen LogP contribution in [0.2, 0.25) is 0 Å². The molecule has 1 fully saturated rings. The summed E-state index contributed by atoms with van der Waals surface area (Å²) in [6.45, 7) is 3.51. The van der Waals surface area contributed by atoms with E-state index < -0.39 is 0 Å². The SMILES string of the molecule is CN1CCC(CCNc2ncc(N)s2)CC1. The van der Waals surface area contributed by atoms with Crippen LogP contribution in [0.25, 0.3) is 0 Å². The van der Waals surface area contributed by atoms with E-state index >= 15 is 0 Å². The van der Waals surface area contributed by atoms with Crippen LogP contribution in [0.3, 0.4) is 0 Å². The molecule has 2 heterocycles. The maximum Gasteiger partial charge on any atom is 0.184 e. The van der Waals surface area contributed by atoms with E-state index in [1.807, 2.05) is 0 Å². The van der Waals surface area contributed by atoms with E-state index in [9.17, 15) is 0 Å². The van der Waals surface area contributed by atoms with Crippen LogP contribution in [0.4, 0.5) is 10.1 Å². The molecule has 1 aromatic rings. The third-order valence-electron chi connectivity index (χ3n) is 3.19. The minimum atomic E-state index is 0.779. The van der Waals surface area contributed by atoms with E-state index in [2.05, 4.69) is 22.2 Å². The fourth-order valence-electron chi connectivity index (χ4n) is 2.10. The number of thiazole rings is 1. The third-order valence-corrected chi connectivity index (χ3v) is 3.97. The zero-order valence-electron chi connectivity index (χ0n) is 9.78. The summed E-state index contributed by atoms with van der Waals surface area (Å²) in [7, 11) is 2.20. The van der Waals surface area contributed by atoms with Gasteiger partial charge < -0.3 is 16.0 Å². The van der Waals surface area contributed by atoms with Crippen molar-refractivity contribution in [1.82, 2.24) is 9.88 Å². The number of nitrogens with one attached hydrogen (secondary N) is 1. The Morgan fingerprint density at radius 2 is 2.31 bits per heavy atom. The first kappa shape index (κ1) is 11.7. The number of hydrogen-bond acceptors (Lipinski definition) is 5. The van der Waals surface area contributed by atoms with Gasteiger partial charge in [0.1, 0.15) is 5.00 Å². The molecule has 1 saturated heterocycles. The Bertz CT molecular complexity index is 318. The van der Waals surface area contributed by atoms with Crippen LogP contribution in [0.5, 0.6) is 0 Å². The van der Waals surface area contributed by atoms with Crippen LogP contribution in [-0.2, 0) is 0 Å². The molecule has 5 heteroatoms. The molecular weight excluding hydrogens is 220 g/mol. The monoisotopic (exact) mass is 240 g/mol. The van der Waals surface area contributed by atoms with Crippen LogP contribution >= 0.6 is 11.3 Å². The fourth-order valence-corrected chi connectivity index (χ4v) is 2.71. The average Bonchev–Trinajstić information content (AvgIpc) is 2.67. The topological polar surface area (TPSA) is 54.2 Å². The lowest BCUT2D eigenvalue weighted by Crippen LogP contribution is -2.30. The number of hydrogen-bond donors (Lipinski definition) is 2. The molecule has 16 heavy (non-hydrogen) atoms. The highest BCUT2D eigenvalue weighted by Gasteiger charge is 2.15. The normalized spacial score (nSPS) is 18.8. The molecule has 3 N–H and O–H groups in total. The number of aromatic nitrogens is 1. The summed E-state index contributed by atoms with van der Waals surface area (Å²) in [5, 5.41) is 5.07. The molecule has 0 amide bonds.